The average molecular weight is 170 g/mol. The van der Waals surface area contributed by atoms with Crippen LogP contribution in [0.25, 0.3) is 11.2 Å². The lowest BCUT2D eigenvalue weighted by Crippen LogP contribution is -1.94. The van der Waals surface area contributed by atoms with Crippen molar-refractivity contribution in [2.75, 3.05) is 5.73 Å². The molecule has 5 nitrogen and oxygen atoms in total. The highest BCUT2D eigenvalue weighted by atomic mass is 32.1. The molecule has 11 heavy (non-hydrogen) atoms. The van der Waals surface area contributed by atoms with E-state index in [1.807, 2.05) is 0 Å². The van der Waals surface area contributed by atoms with Crippen LogP contribution in [0.4, 0.5) is 5.95 Å². The number of nitrogens with two attached hydrogens (primary N) is 1. The largest absolute Gasteiger partial charge is 0.369 e. The normalized spacial score (nSPS) is 10.5. The molecule has 0 fully saturated rings. The molecule has 0 aliphatic heterocycles. The highest BCUT2D eigenvalue weighted by Gasteiger charge is 1.98. The van der Waals surface area contributed by atoms with E-state index in [2.05, 4.69) is 19.9 Å². The van der Waals surface area contributed by atoms with Gasteiger partial charge in [0.05, 0.1) is 6.33 Å². The molecule has 6 heteroatoms. The van der Waals surface area contributed by atoms with Crippen LogP contribution >= 0.6 is 12.2 Å². The summed E-state index contributed by atoms with van der Waals surface area (Å²) in [6, 6.07) is 0. The maximum atomic E-state index is 5.40. The highest BCUT2D eigenvalue weighted by molar-refractivity contribution is 7.71. The smallest absolute Gasteiger partial charge is 0.200 e. The predicted molar refractivity (Wildman–Crippen MR) is 43.5 cm³/mol. The Morgan fingerprint density at radius 2 is 2.36 bits per heavy atom. The first kappa shape index (κ1) is 6.29. The first-order chi connectivity index (χ1) is 5.27. The third-order valence-electron chi connectivity index (χ3n) is 1.32. The minimum atomic E-state index is 0.287. The van der Waals surface area contributed by atoms with Crippen molar-refractivity contribution >= 4 is 29.3 Å². The van der Waals surface area contributed by atoms with Crippen molar-refractivity contribution in [3.8, 4) is 0 Å². The number of nitrogen functional groups attached to an aromatic ring is 1. The predicted octanol–water partition coefficient (Wildman–Crippen LogP) is 0.598. The summed E-state index contributed by atoms with van der Waals surface area (Å²) in [7, 11) is 0. The summed E-state index contributed by atoms with van der Waals surface area (Å²) in [5, 5.41) is 0. The second-order valence-electron chi connectivity index (χ2n) is 2.05. The number of anilines is 1. The molecule has 0 aliphatic rings. The molecule has 0 aromatic carbocycles. The molecule has 2 aromatic rings. The molecule has 0 radical (unpaired) electrons. The lowest BCUT2D eigenvalue weighted by atomic mass is 10.7. The summed E-state index contributed by atoms with van der Waals surface area (Å²) in [5.41, 5.74) is 6.75. The molecule has 0 saturated carbocycles. The Kier molecular flexibility index (Phi) is 1.16. The molecule has 0 amide bonds. The number of nitrogens with one attached hydrogen (secondary N) is 2. The van der Waals surface area contributed by atoms with Crippen LogP contribution in [0.1, 0.15) is 0 Å². The van der Waals surface area contributed by atoms with E-state index in [0.29, 0.717) is 15.8 Å². The van der Waals surface area contributed by atoms with Crippen molar-refractivity contribution in [1.82, 2.24) is 19.9 Å². The molecule has 0 bridgehead atoms. The standard InChI is InChI=1S/C5H5N5S/c6-5-9-3-2(4(11)10-5)7-1-8-3/h1H,(H4,6,7,8,9,10,11)/i1+1,3+1,7+1. The summed E-state index contributed by atoms with van der Waals surface area (Å²) in [4.78, 5) is 13.4. The van der Waals surface area contributed by atoms with Gasteiger partial charge < -0.3 is 15.7 Å². The number of aromatic nitrogens is 4. The van der Waals surface area contributed by atoms with E-state index in [0.717, 1.165) is 0 Å². The van der Waals surface area contributed by atoms with Gasteiger partial charge in [-0.1, -0.05) is 12.2 Å². The van der Waals surface area contributed by atoms with Gasteiger partial charge >= 0.3 is 0 Å². The maximum absolute atomic E-state index is 5.40. The number of hydrogen-bond donors (Lipinski definition) is 3. The fraction of sp³-hybridized carbons (Fsp3) is 0. The van der Waals surface area contributed by atoms with Crippen LogP contribution in [-0.2, 0) is 0 Å². The number of imidazole rings is 1. The van der Waals surface area contributed by atoms with Crippen LogP contribution in [-0.4, -0.2) is 19.9 Å². The molecule has 0 aliphatic carbocycles. The Hall–Kier alpha value is -1.43. The average Bonchev–Trinajstić information content (AvgIpc) is 2.34. The van der Waals surface area contributed by atoms with Crippen molar-refractivity contribution < 1.29 is 0 Å². The van der Waals surface area contributed by atoms with Gasteiger partial charge in [-0.15, -0.1) is 0 Å². The third kappa shape index (κ3) is 0.874. The number of H-pyrrole nitrogens is 2. The number of nitrogens with zero attached hydrogens (tertiary/aromatic N) is 2. The van der Waals surface area contributed by atoms with Crippen LogP contribution in [0.3, 0.4) is 0 Å². The van der Waals surface area contributed by atoms with Crippen molar-refractivity contribution in [2.45, 2.75) is 0 Å². The lowest BCUT2D eigenvalue weighted by molar-refractivity contribution is 1.20. The Morgan fingerprint density at radius 3 is 3.18 bits per heavy atom. The van der Waals surface area contributed by atoms with Crippen molar-refractivity contribution in [2.24, 2.45) is 0 Å². The zero-order chi connectivity index (χ0) is 7.84. The quantitative estimate of drug-likeness (QED) is 0.505. The molecular formula is C5H5N5S. The maximum Gasteiger partial charge on any atom is 0.200 e. The molecule has 0 saturated heterocycles. The number of aromatic amines is 2. The Morgan fingerprint density at radius 1 is 1.55 bits per heavy atom. The first-order valence-corrected chi connectivity index (χ1v) is 3.37. The number of fused-ring (bicyclic) bond motifs is 1. The fourth-order valence-electron chi connectivity index (χ4n) is 0.867. The van der Waals surface area contributed by atoms with E-state index in [4.69, 9.17) is 18.0 Å². The van der Waals surface area contributed by atoms with Gasteiger partial charge in [-0.3, -0.25) is 0 Å². The first-order valence-electron chi connectivity index (χ1n) is 2.96. The summed E-state index contributed by atoms with van der Waals surface area (Å²) in [5.74, 6) is 0.287. The molecule has 2 heterocycles. The molecular weight excluding hydrogens is 165 g/mol. The summed E-state index contributed by atoms with van der Waals surface area (Å²) in [6.45, 7) is 0. The zero-order valence-corrected chi connectivity index (χ0v) is 6.27. The van der Waals surface area contributed by atoms with Crippen molar-refractivity contribution in [3.05, 3.63) is 11.0 Å². The monoisotopic (exact) mass is 170 g/mol. The van der Waals surface area contributed by atoms with Crippen LogP contribution < -0.4 is 5.73 Å². The lowest BCUT2D eigenvalue weighted by Gasteiger charge is -1.91. The van der Waals surface area contributed by atoms with E-state index in [-0.39, 0.29) is 5.95 Å². The Balaban J connectivity index is 3.02. The molecule has 0 atom stereocenters. The van der Waals surface area contributed by atoms with Gasteiger partial charge in [-0.25, -0.2) is 9.97 Å². The van der Waals surface area contributed by atoms with Gasteiger partial charge in [0.1, 0.15) is 5.52 Å². The van der Waals surface area contributed by atoms with E-state index >= 15 is 0 Å². The van der Waals surface area contributed by atoms with E-state index in [1.54, 1.807) is 0 Å². The van der Waals surface area contributed by atoms with E-state index in [1.165, 1.54) is 6.33 Å². The van der Waals surface area contributed by atoms with Gasteiger partial charge in [0, 0.05) is 0 Å². The molecule has 4 N–H and O–H groups in total. The number of rotatable bonds is 0. The van der Waals surface area contributed by atoms with Crippen LogP contribution in [0, 0.1) is 4.64 Å². The highest BCUT2D eigenvalue weighted by Crippen LogP contribution is 2.06. The van der Waals surface area contributed by atoms with Gasteiger partial charge in [-0.2, -0.15) is 0 Å². The number of hydrogen-bond acceptors (Lipinski definition) is 4. The summed E-state index contributed by atoms with van der Waals surface area (Å²) in [6.07, 6.45) is 1.54. The van der Waals surface area contributed by atoms with Crippen molar-refractivity contribution in [1.29, 1.82) is 0 Å². The Labute approximate surface area is 66.7 Å². The third-order valence-corrected chi connectivity index (χ3v) is 1.62. The molecule has 56 valence electrons. The zero-order valence-electron chi connectivity index (χ0n) is 5.46. The molecule has 0 unspecified atom stereocenters. The minimum Gasteiger partial charge on any atom is -0.369 e. The minimum absolute atomic E-state index is 0.287. The van der Waals surface area contributed by atoms with Gasteiger partial charge in [0.2, 0.25) is 5.95 Å². The van der Waals surface area contributed by atoms with Crippen molar-refractivity contribution in [3.63, 3.8) is 0 Å². The summed E-state index contributed by atoms with van der Waals surface area (Å²) < 4.78 is 0.439. The second kappa shape index (κ2) is 2.03. The van der Waals surface area contributed by atoms with Crippen LogP contribution in [0.2, 0.25) is 0 Å². The fourth-order valence-corrected chi connectivity index (χ4v) is 1.12. The van der Waals surface area contributed by atoms with Gasteiger partial charge in [0.25, 0.3) is 0 Å². The topological polar surface area (TPSA) is 83.4 Å². The van der Waals surface area contributed by atoms with Gasteiger partial charge in [-0.05, 0) is 0 Å². The van der Waals surface area contributed by atoms with E-state index in [9.17, 15) is 0 Å². The SMILES string of the molecule is Nc1nc(=S)c2[15nH][13cH]n[13c]2[nH]1. The molecule has 0 spiro atoms. The van der Waals surface area contributed by atoms with Crippen LogP contribution in [0.15, 0.2) is 6.33 Å². The van der Waals surface area contributed by atoms with Crippen LogP contribution in [0.5, 0.6) is 0 Å². The second-order valence-corrected chi connectivity index (χ2v) is 2.44. The molecule has 2 rings (SSSR count). The van der Waals surface area contributed by atoms with E-state index < -0.39 is 0 Å². The summed E-state index contributed by atoms with van der Waals surface area (Å²) >= 11 is 4.91. The Bertz CT molecular complexity index is 441. The van der Waals surface area contributed by atoms with Gasteiger partial charge in [0.15, 0.2) is 10.3 Å². The molecule has 2 aromatic heterocycles.